The number of aromatic nitrogens is 2. The van der Waals surface area contributed by atoms with Crippen LogP contribution in [-0.4, -0.2) is 15.3 Å². The van der Waals surface area contributed by atoms with Crippen LogP contribution in [0.1, 0.15) is 39.3 Å². The SMILES string of the molecule is CC(=O)CCC(C)(C)c1nc2cc(Cl)c(Cl)cc2n(C)c1=O. The van der Waals surface area contributed by atoms with Crippen molar-refractivity contribution in [2.24, 2.45) is 7.05 Å². The molecule has 0 bridgehead atoms. The third kappa shape index (κ3) is 3.18. The summed E-state index contributed by atoms with van der Waals surface area (Å²) in [5, 5.41) is 0.780. The van der Waals surface area contributed by atoms with Gasteiger partial charge in [-0.1, -0.05) is 37.0 Å². The van der Waals surface area contributed by atoms with Crippen molar-refractivity contribution in [1.82, 2.24) is 9.55 Å². The van der Waals surface area contributed by atoms with Gasteiger partial charge in [0.1, 0.15) is 11.5 Å². The summed E-state index contributed by atoms with van der Waals surface area (Å²) in [5.74, 6) is 0.0977. The number of carbonyl (C=O) groups excluding carboxylic acids is 1. The molecule has 1 aromatic carbocycles. The first-order valence-corrected chi connectivity index (χ1v) is 7.75. The van der Waals surface area contributed by atoms with E-state index >= 15 is 0 Å². The average molecular weight is 341 g/mol. The highest BCUT2D eigenvalue weighted by molar-refractivity contribution is 6.42. The predicted octanol–water partition coefficient (Wildman–Crippen LogP) is 3.89. The molecule has 2 rings (SSSR count). The van der Waals surface area contributed by atoms with Gasteiger partial charge in [0.25, 0.3) is 5.56 Å². The van der Waals surface area contributed by atoms with Gasteiger partial charge in [-0.25, -0.2) is 4.98 Å². The fourth-order valence-corrected chi connectivity index (χ4v) is 2.68. The van der Waals surface area contributed by atoms with E-state index in [4.69, 9.17) is 23.2 Å². The third-order valence-electron chi connectivity index (χ3n) is 3.86. The van der Waals surface area contributed by atoms with Gasteiger partial charge in [0.05, 0.1) is 21.1 Å². The number of benzene rings is 1. The Morgan fingerprint density at radius 2 is 1.86 bits per heavy atom. The van der Waals surface area contributed by atoms with Crippen molar-refractivity contribution in [3.8, 4) is 0 Å². The third-order valence-corrected chi connectivity index (χ3v) is 4.58. The Morgan fingerprint density at radius 3 is 2.45 bits per heavy atom. The molecule has 0 spiro atoms. The zero-order valence-electron chi connectivity index (χ0n) is 13.0. The molecule has 0 saturated carbocycles. The molecule has 22 heavy (non-hydrogen) atoms. The lowest BCUT2D eigenvalue weighted by Gasteiger charge is -2.24. The van der Waals surface area contributed by atoms with Gasteiger partial charge in [0, 0.05) is 18.9 Å². The average Bonchev–Trinajstić information content (AvgIpc) is 2.43. The van der Waals surface area contributed by atoms with Gasteiger partial charge in [-0.2, -0.15) is 0 Å². The molecule has 0 aliphatic carbocycles. The lowest BCUT2D eigenvalue weighted by molar-refractivity contribution is -0.117. The van der Waals surface area contributed by atoms with Crippen LogP contribution >= 0.6 is 23.2 Å². The van der Waals surface area contributed by atoms with E-state index in [1.807, 2.05) is 13.8 Å². The number of rotatable bonds is 4. The summed E-state index contributed by atoms with van der Waals surface area (Å²) in [5.41, 5.74) is 0.996. The van der Waals surface area contributed by atoms with Crippen LogP contribution in [0.2, 0.25) is 10.0 Å². The number of carbonyl (C=O) groups is 1. The summed E-state index contributed by atoms with van der Waals surface area (Å²) in [4.78, 5) is 28.3. The van der Waals surface area contributed by atoms with E-state index in [1.54, 1.807) is 26.1 Å². The molecule has 2 aromatic rings. The molecule has 0 amide bonds. The number of hydrogen-bond acceptors (Lipinski definition) is 3. The quantitative estimate of drug-likeness (QED) is 0.848. The van der Waals surface area contributed by atoms with Gasteiger partial charge in [-0.3, -0.25) is 4.79 Å². The summed E-state index contributed by atoms with van der Waals surface area (Å²) in [6.45, 7) is 5.38. The minimum absolute atomic E-state index is 0.0977. The first-order chi connectivity index (χ1) is 10.1. The predicted molar refractivity (Wildman–Crippen MR) is 89.9 cm³/mol. The lowest BCUT2D eigenvalue weighted by Crippen LogP contribution is -2.33. The fraction of sp³-hybridized carbons (Fsp3) is 0.438. The molecule has 0 N–H and O–H groups in total. The van der Waals surface area contributed by atoms with E-state index in [0.29, 0.717) is 39.6 Å². The monoisotopic (exact) mass is 340 g/mol. The molecule has 0 aliphatic rings. The number of ketones is 1. The number of halogens is 2. The van der Waals surface area contributed by atoms with E-state index in [2.05, 4.69) is 4.98 Å². The summed E-state index contributed by atoms with van der Waals surface area (Å²) in [7, 11) is 1.68. The van der Waals surface area contributed by atoms with Gasteiger partial charge in [-0.15, -0.1) is 0 Å². The van der Waals surface area contributed by atoms with E-state index < -0.39 is 5.41 Å². The zero-order chi connectivity index (χ0) is 16.7. The molecular weight excluding hydrogens is 323 g/mol. The van der Waals surface area contributed by atoms with Crippen LogP contribution < -0.4 is 5.56 Å². The standard InChI is InChI=1S/C16H18Cl2N2O2/c1-9(21)5-6-16(2,3)14-15(22)20(4)13-8-11(18)10(17)7-12(13)19-14/h7-8H,5-6H2,1-4H3. The van der Waals surface area contributed by atoms with Crippen molar-refractivity contribution < 1.29 is 4.79 Å². The van der Waals surface area contributed by atoms with Crippen LogP contribution in [0.5, 0.6) is 0 Å². The highest BCUT2D eigenvalue weighted by Gasteiger charge is 2.27. The van der Waals surface area contributed by atoms with Gasteiger partial charge in [0.15, 0.2) is 0 Å². The Labute approximate surface area is 139 Å². The maximum Gasteiger partial charge on any atom is 0.273 e. The minimum Gasteiger partial charge on any atom is -0.308 e. The second-order valence-electron chi connectivity index (χ2n) is 6.17. The van der Waals surface area contributed by atoms with Crippen molar-refractivity contribution in [1.29, 1.82) is 0 Å². The summed E-state index contributed by atoms with van der Waals surface area (Å²) >= 11 is 12.1. The molecule has 0 radical (unpaired) electrons. The fourth-order valence-electron chi connectivity index (χ4n) is 2.37. The Hall–Kier alpha value is -1.39. The first-order valence-electron chi connectivity index (χ1n) is 6.99. The summed E-state index contributed by atoms with van der Waals surface area (Å²) in [6.07, 6.45) is 0.981. The van der Waals surface area contributed by atoms with E-state index in [1.165, 1.54) is 4.57 Å². The number of nitrogens with zero attached hydrogens (tertiary/aromatic N) is 2. The van der Waals surface area contributed by atoms with Crippen LogP contribution in [0.4, 0.5) is 0 Å². The van der Waals surface area contributed by atoms with Gasteiger partial charge in [-0.05, 0) is 25.5 Å². The second-order valence-corrected chi connectivity index (χ2v) is 6.98. The molecule has 0 saturated heterocycles. The Bertz CT molecular complexity index is 810. The molecule has 0 atom stereocenters. The van der Waals surface area contributed by atoms with Crippen molar-refractivity contribution in [2.45, 2.75) is 39.0 Å². The van der Waals surface area contributed by atoms with Crippen molar-refractivity contribution in [2.75, 3.05) is 0 Å². The largest absolute Gasteiger partial charge is 0.308 e. The molecule has 0 aliphatic heterocycles. The van der Waals surface area contributed by atoms with Crippen LogP contribution in [0.15, 0.2) is 16.9 Å². The topological polar surface area (TPSA) is 52.0 Å². The Kier molecular flexibility index (Phi) is 4.64. The first kappa shape index (κ1) is 17.0. The van der Waals surface area contributed by atoms with E-state index in [-0.39, 0.29) is 11.3 Å². The molecule has 118 valence electrons. The molecule has 0 fully saturated rings. The molecule has 0 unspecified atom stereocenters. The van der Waals surface area contributed by atoms with E-state index in [9.17, 15) is 9.59 Å². The summed E-state index contributed by atoms with van der Waals surface area (Å²) in [6, 6.07) is 3.29. The smallest absolute Gasteiger partial charge is 0.273 e. The number of aryl methyl sites for hydroxylation is 1. The number of hydrogen-bond donors (Lipinski definition) is 0. The molecule has 1 heterocycles. The van der Waals surface area contributed by atoms with Crippen molar-refractivity contribution in [3.05, 3.63) is 38.2 Å². The van der Waals surface area contributed by atoms with Gasteiger partial charge < -0.3 is 9.36 Å². The van der Waals surface area contributed by atoms with Crippen LogP contribution in [0.3, 0.4) is 0 Å². The molecule has 6 heteroatoms. The molecule has 1 aromatic heterocycles. The van der Waals surface area contributed by atoms with E-state index in [0.717, 1.165) is 0 Å². The summed E-state index contributed by atoms with van der Waals surface area (Å²) < 4.78 is 1.52. The van der Waals surface area contributed by atoms with Gasteiger partial charge in [0.2, 0.25) is 0 Å². The highest BCUT2D eigenvalue weighted by Crippen LogP contribution is 2.29. The van der Waals surface area contributed by atoms with Crippen molar-refractivity contribution in [3.63, 3.8) is 0 Å². The maximum atomic E-state index is 12.6. The van der Waals surface area contributed by atoms with Crippen LogP contribution in [-0.2, 0) is 17.3 Å². The molecular formula is C16H18Cl2N2O2. The lowest BCUT2D eigenvalue weighted by atomic mass is 9.83. The number of fused-ring (bicyclic) bond motifs is 1. The Morgan fingerprint density at radius 1 is 1.27 bits per heavy atom. The highest BCUT2D eigenvalue weighted by atomic mass is 35.5. The molecule has 4 nitrogen and oxygen atoms in total. The van der Waals surface area contributed by atoms with Crippen LogP contribution in [0.25, 0.3) is 11.0 Å². The minimum atomic E-state index is -0.499. The van der Waals surface area contributed by atoms with Crippen molar-refractivity contribution >= 4 is 40.0 Å². The van der Waals surface area contributed by atoms with Gasteiger partial charge >= 0.3 is 0 Å². The zero-order valence-corrected chi connectivity index (χ0v) is 14.5. The second kappa shape index (κ2) is 6.01. The Balaban J connectivity index is 2.65. The number of Topliss-reactive ketones (excluding diaryl/α,β-unsaturated/α-hetero) is 1. The maximum absolute atomic E-state index is 12.6. The van der Waals surface area contributed by atoms with Crippen LogP contribution in [0, 0.1) is 0 Å². The normalized spacial score (nSPS) is 11.9.